The standard InChI is InChI=1S/C13H17F3O2/c1-12(17,7-8-18-2)9-10-3-5-11(6-4-10)13(14,15)16/h3-6,17H,7-9H2,1-2H3. The molecule has 1 N–H and O–H groups in total. The van der Waals surface area contributed by atoms with Crippen molar-refractivity contribution in [1.82, 2.24) is 0 Å². The van der Waals surface area contributed by atoms with Crippen molar-refractivity contribution in [3.8, 4) is 0 Å². The van der Waals surface area contributed by atoms with Gasteiger partial charge in [-0.05, 0) is 31.0 Å². The Kier molecular flexibility index (Phi) is 4.76. The number of benzene rings is 1. The fourth-order valence-corrected chi connectivity index (χ4v) is 1.66. The molecule has 0 aromatic heterocycles. The molecule has 2 nitrogen and oxygen atoms in total. The van der Waals surface area contributed by atoms with Gasteiger partial charge in [0.2, 0.25) is 0 Å². The third-order valence-corrected chi connectivity index (χ3v) is 2.71. The summed E-state index contributed by atoms with van der Waals surface area (Å²) in [6.07, 6.45) is -3.59. The van der Waals surface area contributed by atoms with Gasteiger partial charge >= 0.3 is 6.18 Å². The molecule has 0 aliphatic heterocycles. The Hall–Kier alpha value is -1.07. The molecule has 0 radical (unpaired) electrons. The van der Waals surface area contributed by atoms with Crippen LogP contribution < -0.4 is 0 Å². The van der Waals surface area contributed by atoms with E-state index in [-0.39, 0.29) is 0 Å². The maximum Gasteiger partial charge on any atom is 0.416 e. The smallest absolute Gasteiger partial charge is 0.390 e. The van der Waals surface area contributed by atoms with Crippen LogP contribution >= 0.6 is 0 Å². The summed E-state index contributed by atoms with van der Waals surface area (Å²) in [4.78, 5) is 0. The third kappa shape index (κ3) is 4.66. The van der Waals surface area contributed by atoms with E-state index < -0.39 is 17.3 Å². The lowest BCUT2D eigenvalue weighted by Gasteiger charge is -2.23. The second-order valence-electron chi connectivity index (χ2n) is 4.61. The Morgan fingerprint density at radius 2 is 1.72 bits per heavy atom. The molecule has 0 aliphatic rings. The monoisotopic (exact) mass is 262 g/mol. The number of methoxy groups -OCH3 is 1. The number of aliphatic hydroxyl groups is 1. The number of hydrogen-bond donors (Lipinski definition) is 1. The minimum atomic E-state index is -4.32. The zero-order valence-electron chi connectivity index (χ0n) is 10.4. The zero-order valence-corrected chi connectivity index (χ0v) is 10.4. The van der Waals surface area contributed by atoms with Crippen molar-refractivity contribution in [3.63, 3.8) is 0 Å². The molecule has 102 valence electrons. The minimum absolute atomic E-state index is 0.300. The molecule has 1 aromatic rings. The van der Waals surface area contributed by atoms with Gasteiger partial charge in [-0.1, -0.05) is 12.1 Å². The molecule has 0 heterocycles. The molecule has 1 unspecified atom stereocenters. The van der Waals surface area contributed by atoms with E-state index in [1.54, 1.807) is 6.92 Å². The van der Waals surface area contributed by atoms with Crippen molar-refractivity contribution in [2.45, 2.75) is 31.5 Å². The normalized spacial score (nSPS) is 15.4. The van der Waals surface area contributed by atoms with Gasteiger partial charge in [0.15, 0.2) is 0 Å². The molecule has 5 heteroatoms. The molecule has 0 saturated heterocycles. The van der Waals surface area contributed by atoms with Crippen LogP contribution in [0.15, 0.2) is 24.3 Å². The van der Waals surface area contributed by atoms with E-state index in [9.17, 15) is 18.3 Å². The summed E-state index contributed by atoms with van der Waals surface area (Å²) >= 11 is 0. The lowest BCUT2D eigenvalue weighted by Crippen LogP contribution is -2.28. The first-order valence-corrected chi connectivity index (χ1v) is 5.62. The highest BCUT2D eigenvalue weighted by atomic mass is 19.4. The van der Waals surface area contributed by atoms with Gasteiger partial charge in [0, 0.05) is 20.1 Å². The Balaban J connectivity index is 2.69. The second-order valence-corrected chi connectivity index (χ2v) is 4.61. The Morgan fingerprint density at radius 1 is 1.17 bits per heavy atom. The second kappa shape index (κ2) is 5.71. The number of ether oxygens (including phenoxy) is 1. The number of hydrogen-bond acceptors (Lipinski definition) is 2. The van der Waals surface area contributed by atoms with Crippen molar-refractivity contribution in [2.24, 2.45) is 0 Å². The Bertz CT molecular complexity index is 369. The van der Waals surface area contributed by atoms with E-state index in [4.69, 9.17) is 4.74 Å². The summed E-state index contributed by atoms with van der Waals surface area (Å²) in [5.41, 5.74) is -0.984. The van der Waals surface area contributed by atoms with Crippen LogP contribution in [0.25, 0.3) is 0 Å². The number of alkyl halides is 3. The predicted octanol–water partition coefficient (Wildman–Crippen LogP) is 3.04. The Labute approximate surface area is 104 Å². The van der Waals surface area contributed by atoms with Gasteiger partial charge in [0.25, 0.3) is 0 Å². The highest BCUT2D eigenvalue weighted by Crippen LogP contribution is 2.29. The predicted molar refractivity (Wildman–Crippen MR) is 62.3 cm³/mol. The molecule has 1 atom stereocenters. The van der Waals surface area contributed by atoms with Gasteiger partial charge in [-0.25, -0.2) is 0 Å². The van der Waals surface area contributed by atoms with E-state index in [2.05, 4.69) is 0 Å². The van der Waals surface area contributed by atoms with E-state index in [1.807, 2.05) is 0 Å². The van der Waals surface area contributed by atoms with Gasteiger partial charge in [-0.15, -0.1) is 0 Å². The van der Waals surface area contributed by atoms with Gasteiger partial charge in [-0.3, -0.25) is 0 Å². The molecular weight excluding hydrogens is 245 g/mol. The van der Waals surface area contributed by atoms with Crippen LogP contribution in [0.5, 0.6) is 0 Å². The van der Waals surface area contributed by atoms with Gasteiger partial charge in [-0.2, -0.15) is 13.2 Å². The molecule has 0 saturated carbocycles. The maximum atomic E-state index is 12.4. The van der Waals surface area contributed by atoms with Crippen molar-refractivity contribution < 1.29 is 23.0 Å². The molecule has 18 heavy (non-hydrogen) atoms. The van der Waals surface area contributed by atoms with Crippen LogP contribution in [0.2, 0.25) is 0 Å². The van der Waals surface area contributed by atoms with E-state index in [0.29, 0.717) is 25.0 Å². The van der Waals surface area contributed by atoms with Crippen LogP contribution in [-0.2, 0) is 17.3 Å². The molecule has 0 bridgehead atoms. The lowest BCUT2D eigenvalue weighted by molar-refractivity contribution is -0.137. The summed E-state index contributed by atoms with van der Waals surface area (Å²) in [6, 6.07) is 4.84. The summed E-state index contributed by atoms with van der Waals surface area (Å²) in [5, 5.41) is 10.0. The van der Waals surface area contributed by atoms with Crippen molar-refractivity contribution in [1.29, 1.82) is 0 Å². The van der Waals surface area contributed by atoms with Crippen LogP contribution in [0.3, 0.4) is 0 Å². The van der Waals surface area contributed by atoms with Crippen molar-refractivity contribution in [2.75, 3.05) is 13.7 Å². The third-order valence-electron chi connectivity index (χ3n) is 2.71. The first-order valence-electron chi connectivity index (χ1n) is 5.62. The molecule has 0 aliphatic carbocycles. The summed E-state index contributed by atoms with van der Waals surface area (Å²) in [7, 11) is 1.54. The summed E-state index contributed by atoms with van der Waals surface area (Å²) < 4.78 is 41.9. The van der Waals surface area contributed by atoms with Gasteiger partial charge in [0.05, 0.1) is 11.2 Å². The number of halogens is 3. The molecule has 0 amide bonds. The highest BCUT2D eigenvalue weighted by molar-refractivity contribution is 5.25. The van der Waals surface area contributed by atoms with Crippen LogP contribution in [0.4, 0.5) is 13.2 Å². The average Bonchev–Trinajstić information content (AvgIpc) is 2.25. The lowest BCUT2D eigenvalue weighted by atomic mass is 9.93. The minimum Gasteiger partial charge on any atom is -0.390 e. The van der Waals surface area contributed by atoms with Crippen LogP contribution in [0.1, 0.15) is 24.5 Å². The molecule has 0 spiro atoms. The first-order chi connectivity index (χ1) is 8.24. The van der Waals surface area contributed by atoms with Crippen molar-refractivity contribution in [3.05, 3.63) is 35.4 Å². The molecular formula is C13H17F3O2. The molecule has 1 rings (SSSR count). The molecule has 1 aromatic carbocycles. The fraction of sp³-hybridized carbons (Fsp3) is 0.538. The summed E-state index contributed by atoms with van der Waals surface area (Å²) in [5.74, 6) is 0. The average molecular weight is 262 g/mol. The number of rotatable bonds is 5. The quantitative estimate of drug-likeness (QED) is 0.883. The van der Waals surface area contributed by atoms with E-state index in [0.717, 1.165) is 12.1 Å². The van der Waals surface area contributed by atoms with Crippen LogP contribution in [-0.4, -0.2) is 24.4 Å². The highest BCUT2D eigenvalue weighted by Gasteiger charge is 2.30. The van der Waals surface area contributed by atoms with Gasteiger partial charge in [0.1, 0.15) is 0 Å². The fourth-order valence-electron chi connectivity index (χ4n) is 1.66. The first kappa shape index (κ1) is 15.0. The van der Waals surface area contributed by atoms with Gasteiger partial charge < -0.3 is 9.84 Å². The topological polar surface area (TPSA) is 29.5 Å². The Morgan fingerprint density at radius 3 is 2.17 bits per heavy atom. The summed E-state index contributed by atoms with van der Waals surface area (Å²) in [6.45, 7) is 2.05. The zero-order chi connectivity index (χ0) is 13.8. The maximum absolute atomic E-state index is 12.4. The SMILES string of the molecule is COCCC(C)(O)Cc1ccc(C(F)(F)F)cc1. The van der Waals surface area contributed by atoms with Crippen LogP contribution in [0, 0.1) is 0 Å². The largest absolute Gasteiger partial charge is 0.416 e. The van der Waals surface area contributed by atoms with E-state index in [1.165, 1.54) is 19.2 Å². The van der Waals surface area contributed by atoms with E-state index >= 15 is 0 Å². The molecule has 0 fully saturated rings. The van der Waals surface area contributed by atoms with Crippen molar-refractivity contribution >= 4 is 0 Å².